The molecule has 1 aliphatic heterocycles. The van der Waals surface area contributed by atoms with Crippen molar-refractivity contribution in [2.75, 3.05) is 19.6 Å². The van der Waals surface area contributed by atoms with Gasteiger partial charge in [0.15, 0.2) is 0 Å². The molecule has 2 heterocycles. The molecule has 1 N–H and O–H groups in total. The molecular weight excluding hydrogens is 324 g/mol. The smallest absolute Gasteiger partial charge is 0.254 e. The molecule has 126 valence electrons. The minimum absolute atomic E-state index is 0.103. The highest BCUT2D eigenvalue weighted by molar-refractivity contribution is 6.32. The van der Waals surface area contributed by atoms with Crippen molar-refractivity contribution in [3.8, 4) is 0 Å². The van der Waals surface area contributed by atoms with E-state index in [0.29, 0.717) is 17.3 Å². The molecule has 5 nitrogen and oxygen atoms in total. The molecule has 3 rings (SSSR count). The Morgan fingerprint density at radius 1 is 1.33 bits per heavy atom. The van der Waals surface area contributed by atoms with Crippen molar-refractivity contribution in [3.05, 3.63) is 40.5 Å². The maximum Gasteiger partial charge on any atom is 0.254 e. The van der Waals surface area contributed by atoms with Gasteiger partial charge in [0.25, 0.3) is 5.91 Å². The second-order valence-electron chi connectivity index (χ2n) is 6.19. The van der Waals surface area contributed by atoms with Gasteiger partial charge in [0, 0.05) is 10.9 Å². The number of carbonyl (C=O) groups excluding carboxylic acids is 1. The Kier molecular flexibility index (Phi) is 5.43. The van der Waals surface area contributed by atoms with Gasteiger partial charge in [0.1, 0.15) is 5.15 Å². The monoisotopic (exact) mass is 344 g/mol. The van der Waals surface area contributed by atoms with Crippen molar-refractivity contribution >= 4 is 34.6 Å². The summed E-state index contributed by atoms with van der Waals surface area (Å²) < 4.78 is 0. The van der Waals surface area contributed by atoms with E-state index in [0.717, 1.165) is 42.4 Å². The average Bonchev–Trinajstić information content (AvgIpc) is 2.56. The van der Waals surface area contributed by atoms with Gasteiger partial charge in [-0.1, -0.05) is 29.7 Å². The number of pyridine rings is 1. The average molecular weight is 345 g/mol. The quantitative estimate of drug-likeness (QED) is 0.526. The molecule has 24 heavy (non-hydrogen) atoms. The van der Waals surface area contributed by atoms with Crippen molar-refractivity contribution in [2.24, 2.45) is 5.10 Å². The molecule has 0 saturated carbocycles. The third-order valence-corrected chi connectivity index (χ3v) is 4.46. The van der Waals surface area contributed by atoms with E-state index in [2.05, 4.69) is 20.4 Å². The molecule has 1 aliphatic rings. The number of aromatic nitrogens is 1. The highest BCUT2D eigenvalue weighted by atomic mass is 35.5. The van der Waals surface area contributed by atoms with Crippen molar-refractivity contribution in [1.29, 1.82) is 0 Å². The van der Waals surface area contributed by atoms with Gasteiger partial charge >= 0.3 is 0 Å². The number of aryl methyl sites for hydroxylation is 1. The van der Waals surface area contributed by atoms with E-state index in [1.165, 1.54) is 6.42 Å². The minimum atomic E-state index is -0.103. The summed E-state index contributed by atoms with van der Waals surface area (Å²) in [5.74, 6) is -0.103. The van der Waals surface area contributed by atoms with Gasteiger partial charge in [-0.3, -0.25) is 9.69 Å². The topological polar surface area (TPSA) is 57.6 Å². The summed E-state index contributed by atoms with van der Waals surface area (Å²) in [5, 5.41) is 5.40. The molecule has 1 amide bonds. The Morgan fingerprint density at radius 2 is 2.12 bits per heavy atom. The van der Waals surface area contributed by atoms with Crippen molar-refractivity contribution in [1.82, 2.24) is 15.3 Å². The summed E-state index contributed by atoms with van der Waals surface area (Å²) in [5.41, 5.74) is 5.26. The summed E-state index contributed by atoms with van der Waals surface area (Å²) in [7, 11) is 0. The van der Waals surface area contributed by atoms with Crippen molar-refractivity contribution in [2.45, 2.75) is 26.2 Å². The van der Waals surface area contributed by atoms with E-state index in [1.807, 2.05) is 31.2 Å². The number of piperidine rings is 1. The van der Waals surface area contributed by atoms with E-state index < -0.39 is 0 Å². The summed E-state index contributed by atoms with van der Waals surface area (Å²) >= 11 is 6.19. The van der Waals surface area contributed by atoms with Gasteiger partial charge in [-0.2, -0.15) is 5.10 Å². The van der Waals surface area contributed by atoms with Crippen LogP contribution >= 0.6 is 11.6 Å². The maximum atomic E-state index is 11.9. The number of nitrogens with one attached hydrogen (secondary N) is 1. The lowest BCUT2D eigenvalue weighted by atomic mass is 10.1. The summed E-state index contributed by atoms with van der Waals surface area (Å²) in [6, 6.07) is 7.92. The van der Waals surface area contributed by atoms with E-state index in [4.69, 9.17) is 11.6 Å². The normalized spacial score (nSPS) is 15.9. The molecule has 0 radical (unpaired) electrons. The molecule has 0 atom stereocenters. The third-order valence-electron chi connectivity index (χ3n) is 4.16. The van der Waals surface area contributed by atoms with Gasteiger partial charge in [-0.15, -0.1) is 0 Å². The van der Waals surface area contributed by atoms with E-state index in [9.17, 15) is 4.79 Å². The van der Waals surface area contributed by atoms with Crippen LogP contribution in [0.1, 0.15) is 30.4 Å². The lowest BCUT2D eigenvalue weighted by Gasteiger charge is -2.25. The predicted molar refractivity (Wildman–Crippen MR) is 97.5 cm³/mol. The van der Waals surface area contributed by atoms with Crippen LogP contribution in [0.3, 0.4) is 0 Å². The van der Waals surface area contributed by atoms with Gasteiger partial charge < -0.3 is 0 Å². The fraction of sp³-hybridized carbons (Fsp3) is 0.389. The van der Waals surface area contributed by atoms with E-state index in [1.54, 1.807) is 6.21 Å². The Balaban J connectivity index is 1.64. The highest BCUT2D eigenvalue weighted by Gasteiger charge is 2.13. The molecule has 1 saturated heterocycles. The SMILES string of the molecule is Cc1ccc2nc(Cl)c(/C=N/NC(=O)CN3CCCCC3)cc2c1. The number of fused-ring (bicyclic) bond motifs is 1. The van der Waals surface area contributed by atoms with Crippen LogP contribution in [-0.2, 0) is 4.79 Å². The van der Waals surface area contributed by atoms with Crippen LogP contribution < -0.4 is 5.43 Å². The largest absolute Gasteiger partial charge is 0.294 e. The number of benzene rings is 1. The van der Waals surface area contributed by atoms with E-state index >= 15 is 0 Å². The summed E-state index contributed by atoms with van der Waals surface area (Å²) in [6.07, 6.45) is 5.12. The molecule has 0 aliphatic carbocycles. The van der Waals surface area contributed by atoms with Crippen LogP contribution in [0.5, 0.6) is 0 Å². The minimum Gasteiger partial charge on any atom is -0.294 e. The third kappa shape index (κ3) is 4.30. The summed E-state index contributed by atoms with van der Waals surface area (Å²) in [6.45, 7) is 4.39. The number of amides is 1. The number of hydrogen-bond acceptors (Lipinski definition) is 4. The van der Waals surface area contributed by atoms with Gasteiger partial charge in [-0.25, -0.2) is 10.4 Å². The van der Waals surface area contributed by atoms with Crippen molar-refractivity contribution < 1.29 is 4.79 Å². The Bertz CT molecular complexity index is 769. The zero-order chi connectivity index (χ0) is 16.9. The number of rotatable bonds is 4. The van der Waals surface area contributed by atoms with Gasteiger partial charge in [-0.05, 0) is 51.1 Å². The fourth-order valence-electron chi connectivity index (χ4n) is 2.91. The molecule has 0 unspecified atom stereocenters. The van der Waals surface area contributed by atoms with Crippen LogP contribution in [0, 0.1) is 6.92 Å². The molecule has 1 aromatic heterocycles. The van der Waals surface area contributed by atoms with E-state index in [-0.39, 0.29) is 5.91 Å². The fourth-order valence-corrected chi connectivity index (χ4v) is 3.10. The maximum absolute atomic E-state index is 11.9. The highest BCUT2D eigenvalue weighted by Crippen LogP contribution is 2.20. The lowest BCUT2D eigenvalue weighted by Crippen LogP contribution is -2.38. The van der Waals surface area contributed by atoms with Crippen LogP contribution in [0.25, 0.3) is 10.9 Å². The van der Waals surface area contributed by atoms with Crippen LogP contribution in [-0.4, -0.2) is 41.6 Å². The van der Waals surface area contributed by atoms with Crippen LogP contribution in [0.4, 0.5) is 0 Å². The predicted octanol–water partition coefficient (Wildman–Crippen LogP) is 3.13. The van der Waals surface area contributed by atoms with Crippen LogP contribution in [0.15, 0.2) is 29.4 Å². The standard InChI is InChI=1S/C18H21ClN4O/c1-13-5-6-16-14(9-13)10-15(18(19)21-16)11-20-22-17(24)12-23-7-3-2-4-8-23/h5-6,9-11H,2-4,7-8,12H2,1H3,(H,22,24)/b20-11+. The van der Waals surface area contributed by atoms with Gasteiger partial charge in [0.05, 0.1) is 18.3 Å². The molecule has 1 aromatic carbocycles. The molecule has 2 aromatic rings. The number of hydrazone groups is 1. The first kappa shape index (κ1) is 16.9. The first-order chi connectivity index (χ1) is 11.6. The number of hydrogen-bond donors (Lipinski definition) is 1. The van der Waals surface area contributed by atoms with Crippen molar-refractivity contribution in [3.63, 3.8) is 0 Å². The zero-order valence-electron chi connectivity index (χ0n) is 13.8. The first-order valence-corrected chi connectivity index (χ1v) is 8.61. The number of halogens is 1. The molecule has 0 spiro atoms. The second kappa shape index (κ2) is 7.73. The first-order valence-electron chi connectivity index (χ1n) is 8.23. The van der Waals surface area contributed by atoms with Crippen LogP contribution in [0.2, 0.25) is 5.15 Å². The molecular formula is C18H21ClN4O. The second-order valence-corrected chi connectivity index (χ2v) is 6.55. The number of likely N-dealkylation sites (tertiary alicyclic amines) is 1. The summed E-state index contributed by atoms with van der Waals surface area (Å²) in [4.78, 5) is 18.4. The Hall–Kier alpha value is -1.98. The Labute approximate surface area is 146 Å². The molecule has 1 fully saturated rings. The Morgan fingerprint density at radius 3 is 2.92 bits per heavy atom. The zero-order valence-corrected chi connectivity index (χ0v) is 14.5. The van der Waals surface area contributed by atoms with Gasteiger partial charge in [0.2, 0.25) is 0 Å². The number of carbonyl (C=O) groups is 1. The molecule has 0 bridgehead atoms. The number of nitrogens with zero attached hydrogens (tertiary/aromatic N) is 3. The lowest BCUT2D eigenvalue weighted by molar-refractivity contribution is -0.122. The molecule has 6 heteroatoms.